The molecule has 1 aliphatic rings. The number of hydrogen-bond donors (Lipinski definition) is 2. The highest BCUT2D eigenvalue weighted by Gasteiger charge is 2.20. The Morgan fingerprint density at radius 2 is 2.45 bits per heavy atom. The van der Waals surface area contributed by atoms with E-state index in [1.807, 2.05) is 6.92 Å². The third-order valence-electron chi connectivity index (χ3n) is 1.46. The van der Waals surface area contributed by atoms with Crippen LogP contribution in [0.15, 0.2) is 11.3 Å². The number of carbonyl (C=O) groups excluding carboxylic acids is 1. The number of cyclic esters (lactones) is 1. The minimum absolute atomic E-state index is 0.0179. The van der Waals surface area contributed by atoms with Gasteiger partial charge in [-0.25, -0.2) is 4.79 Å². The van der Waals surface area contributed by atoms with Gasteiger partial charge in [0.1, 0.15) is 12.3 Å². The minimum atomic E-state index is -0.323. The van der Waals surface area contributed by atoms with Crippen molar-refractivity contribution < 1.29 is 14.6 Å². The van der Waals surface area contributed by atoms with E-state index in [0.717, 1.165) is 5.57 Å². The smallest absolute Gasteiger partial charge is 0.354 e. The summed E-state index contributed by atoms with van der Waals surface area (Å²) >= 11 is 0. The van der Waals surface area contributed by atoms with Gasteiger partial charge in [-0.3, -0.25) is 0 Å². The van der Waals surface area contributed by atoms with Gasteiger partial charge in [-0.1, -0.05) is 0 Å². The van der Waals surface area contributed by atoms with Crippen molar-refractivity contribution in [1.29, 1.82) is 0 Å². The zero-order valence-electron chi connectivity index (χ0n) is 6.39. The molecule has 0 amide bonds. The zero-order valence-corrected chi connectivity index (χ0v) is 6.39. The van der Waals surface area contributed by atoms with Crippen LogP contribution in [0.4, 0.5) is 0 Å². The Hall–Kier alpha value is -1.03. The van der Waals surface area contributed by atoms with Gasteiger partial charge in [-0.15, -0.1) is 0 Å². The lowest BCUT2D eigenvalue weighted by Gasteiger charge is -2.01. The molecule has 0 aromatic rings. The summed E-state index contributed by atoms with van der Waals surface area (Å²) < 4.78 is 4.72. The van der Waals surface area contributed by atoms with Crippen molar-refractivity contribution in [2.45, 2.75) is 6.92 Å². The normalized spacial score (nSPS) is 17.1. The van der Waals surface area contributed by atoms with Crippen LogP contribution in [0.2, 0.25) is 0 Å². The fourth-order valence-corrected chi connectivity index (χ4v) is 0.896. The fourth-order valence-electron chi connectivity index (χ4n) is 0.896. The SMILES string of the molecule is CC1=C(NCCO)C(=O)OC1. The van der Waals surface area contributed by atoms with Crippen molar-refractivity contribution in [3.63, 3.8) is 0 Å². The highest BCUT2D eigenvalue weighted by atomic mass is 16.5. The predicted octanol–water partition coefficient (Wildman–Crippen LogP) is -0.601. The Labute approximate surface area is 64.9 Å². The van der Waals surface area contributed by atoms with Gasteiger partial charge in [-0.05, 0) is 12.5 Å². The highest BCUT2D eigenvalue weighted by Crippen LogP contribution is 2.11. The quantitative estimate of drug-likeness (QED) is 0.537. The molecule has 0 radical (unpaired) electrons. The first kappa shape index (κ1) is 8.07. The van der Waals surface area contributed by atoms with Crippen LogP contribution in [0.25, 0.3) is 0 Å². The van der Waals surface area contributed by atoms with E-state index >= 15 is 0 Å². The number of ether oxygens (including phenoxy) is 1. The molecule has 0 unspecified atom stereocenters. The summed E-state index contributed by atoms with van der Waals surface area (Å²) in [6.07, 6.45) is 0. The standard InChI is InChI=1S/C7H11NO3/c1-5-4-11-7(10)6(5)8-2-3-9/h8-9H,2-4H2,1H3. The van der Waals surface area contributed by atoms with E-state index in [4.69, 9.17) is 9.84 Å². The summed E-state index contributed by atoms with van der Waals surface area (Å²) in [5.74, 6) is -0.323. The molecule has 0 saturated heterocycles. The van der Waals surface area contributed by atoms with Gasteiger partial charge in [0.15, 0.2) is 0 Å². The number of aliphatic hydroxyl groups is 1. The maximum absolute atomic E-state index is 10.9. The first-order valence-electron chi connectivity index (χ1n) is 3.47. The van der Waals surface area contributed by atoms with Crippen LogP contribution in [0.1, 0.15) is 6.92 Å². The van der Waals surface area contributed by atoms with Crippen LogP contribution >= 0.6 is 0 Å². The van der Waals surface area contributed by atoms with Gasteiger partial charge < -0.3 is 15.2 Å². The third kappa shape index (κ3) is 1.71. The summed E-state index contributed by atoms with van der Waals surface area (Å²) in [7, 11) is 0. The van der Waals surface area contributed by atoms with Crippen molar-refractivity contribution in [2.75, 3.05) is 19.8 Å². The summed E-state index contributed by atoms with van der Waals surface area (Å²) in [5, 5.41) is 11.2. The highest BCUT2D eigenvalue weighted by molar-refractivity contribution is 5.90. The fraction of sp³-hybridized carbons (Fsp3) is 0.571. The van der Waals surface area contributed by atoms with Crippen LogP contribution in [-0.4, -0.2) is 30.8 Å². The summed E-state index contributed by atoms with van der Waals surface area (Å²) in [6, 6.07) is 0. The van der Waals surface area contributed by atoms with Gasteiger partial charge in [0.25, 0.3) is 0 Å². The largest absolute Gasteiger partial charge is 0.456 e. The molecule has 1 aliphatic heterocycles. The van der Waals surface area contributed by atoms with Gasteiger partial charge in [0.05, 0.1) is 6.61 Å². The molecule has 62 valence electrons. The van der Waals surface area contributed by atoms with Crippen molar-refractivity contribution in [3.8, 4) is 0 Å². The Morgan fingerprint density at radius 3 is 2.91 bits per heavy atom. The first-order valence-corrected chi connectivity index (χ1v) is 3.47. The van der Waals surface area contributed by atoms with Gasteiger partial charge in [0, 0.05) is 6.54 Å². The Kier molecular flexibility index (Phi) is 2.48. The van der Waals surface area contributed by atoms with Crippen molar-refractivity contribution in [2.24, 2.45) is 0 Å². The van der Waals surface area contributed by atoms with E-state index in [9.17, 15) is 4.79 Å². The number of aliphatic hydroxyl groups excluding tert-OH is 1. The number of esters is 1. The molecule has 1 heterocycles. The summed E-state index contributed by atoms with van der Waals surface area (Å²) in [5.41, 5.74) is 1.39. The van der Waals surface area contributed by atoms with Gasteiger partial charge in [0.2, 0.25) is 0 Å². The van der Waals surface area contributed by atoms with E-state index in [1.165, 1.54) is 0 Å². The van der Waals surface area contributed by atoms with Crippen LogP contribution < -0.4 is 5.32 Å². The maximum Gasteiger partial charge on any atom is 0.354 e. The average molecular weight is 157 g/mol. The van der Waals surface area contributed by atoms with Crippen LogP contribution in [-0.2, 0) is 9.53 Å². The van der Waals surface area contributed by atoms with Crippen molar-refractivity contribution in [3.05, 3.63) is 11.3 Å². The predicted molar refractivity (Wildman–Crippen MR) is 38.7 cm³/mol. The number of carbonyl (C=O) groups is 1. The molecule has 0 aliphatic carbocycles. The molecule has 0 fully saturated rings. The lowest BCUT2D eigenvalue weighted by atomic mass is 10.3. The van der Waals surface area contributed by atoms with Crippen LogP contribution in [0, 0.1) is 0 Å². The molecule has 0 bridgehead atoms. The first-order chi connectivity index (χ1) is 5.25. The van der Waals surface area contributed by atoms with Crippen LogP contribution in [0.3, 0.4) is 0 Å². The van der Waals surface area contributed by atoms with Gasteiger partial charge >= 0.3 is 5.97 Å². The molecule has 2 N–H and O–H groups in total. The minimum Gasteiger partial charge on any atom is -0.456 e. The number of hydrogen-bond acceptors (Lipinski definition) is 4. The lowest BCUT2D eigenvalue weighted by molar-refractivity contribution is -0.136. The van der Waals surface area contributed by atoms with E-state index in [2.05, 4.69) is 5.32 Å². The molecule has 11 heavy (non-hydrogen) atoms. The molecular formula is C7H11NO3. The van der Waals surface area contributed by atoms with E-state index < -0.39 is 0 Å². The van der Waals surface area contributed by atoms with E-state index in [-0.39, 0.29) is 12.6 Å². The Bertz CT molecular complexity index is 198. The molecule has 0 spiro atoms. The molecule has 0 saturated carbocycles. The average Bonchev–Trinajstić information content (AvgIpc) is 2.29. The molecule has 0 atom stereocenters. The molecule has 4 nitrogen and oxygen atoms in total. The second-order valence-corrected chi connectivity index (χ2v) is 2.38. The van der Waals surface area contributed by atoms with Crippen LogP contribution in [0.5, 0.6) is 0 Å². The van der Waals surface area contributed by atoms with E-state index in [1.54, 1.807) is 0 Å². The van der Waals surface area contributed by atoms with Crippen molar-refractivity contribution >= 4 is 5.97 Å². The summed E-state index contributed by atoms with van der Waals surface area (Å²) in [4.78, 5) is 10.9. The number of rotatable bonds is 3. The zero-order chi connectivity index (χ0) is 8.27. The lowest BCUT2D eigenvalue weighted by Crippen LogP contribution is -2.22. The maximum atomic E-state index is 10.9. The molecule has 0 aromatic heterocycles. The van der Waals surface area contributed by atoms with E-state index in [0.29, 0.717) is 18.8 Å². The topological polar surface area (TPSA) is 58.6 Å². The monoisotopic (exact) mass is 157 g/mol. The summed E-state index contributed by atoms with van der Waals surface area (Å²) in [6.45, 7) is 2.60. The second kappa shape index (κ2) is 3.39. The molecule has 4 heteroatoms. The Balaban J connectivity index is 2.53. The van der Waals surface area contributed by atoms with Crippen molar-refractivity contribution in [1.82, 2.24) is 5.32 Å². The Morgan fingerprint density at radius 1 is 1.73 bits per heavy atom. The third-order valence-corrected chi connectivity index (χ3v) is 1.46. The number of nitrogens with one attached hydrogen (secondary N) is 1. The second-order valence-electron chi connectivity index (χ2n) is 2.38. The molecule has 0 aromatic carbocycles. The van der Waals surface area contributed by atoms with Gasteiger partial charge in [-0.2, -0.15) is 0 Å². The molecular weight excluding hydrogens is 146 g/mol. The molecule has 1 rings (SSSR count).